The zero-order valence-corrected chi connectivity index (χ0v) is 15.7. The number of aliphatic hydroxyl groups is 1. The third-order valence-electron chi connectivity index (χ3n) is 5.37. The van der Waals surface area contributed by atoms with E-state index in [2.05, 4.69) is 30.8 Å². The van der Waals surface area contributed by atoms with Crippen LogP contribution in [0.2, 0.25) is 0 Å². The van der Waals surface area contributed by atoms with Crippen molar-refractivity contribution in [1.29, 1.82) is 0 Å². The van der Waals surface area contributed by atoms with E-state index in [1.165, 1.54) is 0 Å². The van der Waals surface area contributed by atoms with Gasteiger partial charge < -0.3 is 14.7 Å². The quantitative estimate of drug-likeness (QED) is 0.890. The highest BCUT2D eigenvalue weighted by Gasteiger charge is 2.35. The molecule has 0 aromatic carbocycles. The van der Waals surface area contributed by atoms with Gasteiger partial charge in [0.05, 0.1) is 12.3 Å². The van der Waals surface area contributed by atoms with E-state index in [-0.39, 0.29) is 11.0 Å². The second-order valence-electron chi connectivity index (χ2n) is 8.74. The van der Waals surface area contributed by atoms with Gasteiger partial charge in [0.2, 0.25) is 0 Å². The van der Waals surface area contributed by atoms with Crippen molar-refractivity contribution in [3.63, 3.8) is 0 Å². The molecule has 1 aromatic rings. The van der Waals surface area contributed by atoms with Gasteiger partial charge in [0.25, 0.3) is 5.56 Å². The standard InChI is InChI=1S/C19H31N3O3/c1-18(2,3)16-4-5-17(23)22(20-16)12-15-6-9-21(10-7-15)13-19(24)8-11-25-14-19/h4-5,15,24H,6-14H2,1-3H3. The first-order chi connectivity index (χ1) is 11.8. The van der Waals surface area contributed by atoms with Crippen molar-refractivity contribution in [3.05, 3.63) is 28.2 Å². The minimum absolute atomic E-state index is 0.0205. The van der Waals surface area contributed by atoms with Gasteiger partial charge in [0.15, 0.2) is 0 Å². The van der Waals surface area contributed by atoms with Crippen LogP contribution in [0.15, 0.2) is 16.9 Å². The number of ether oxygens (including phenoxy) is 1. The van der Waals surface area contributed by atoms with E-state index in [1.807, 2.05) is 6.07 Å². The summed E-state index contributed by atoms with van der Waals surface area (Å²) < 4.78 is 6.97. The summed E-state index contributed by atoms with van der Waals surface area (Å²) in [4.78, 5) is 14.5. The van der Waals surface area contributed by atoms with Gasteiger partial charge in [-0.1, -0.05) is 20.8 Å². The molecular formula is C19H31N3O3. The lowest BCUT2D eigenvalue weighted by Gasteiger charge is -2.36. The zero-order chi connectivity index (χ0) is 18.1. The minimum Gasteiger partial charge on any atom is -0.386 e. The van der Waals surface area contributed by atoms with E-state index in [4.69, 9.17) is 4.74 Å². The van der Waals surface area contributed by atoms with Gasteiger partial charge in [-0.25, -0.2) is 4.68 Å². The molecule has 2 aliphatic rings. The highest BCUT2D eigenvalue weighted by atomic mass is 16.5. The highest BCUT2D eigenvalue weighted by Crippen LogP contribution is 2.24. The fourth-order valence-electron chi connectivity index (χ4n) is 3.69. The first-order valence-electron chi connectivity index (χ1n) is 9.36. The van der Waals surface area contributed by atoms with Crippen molar-refractivity contribution in [2.24, 2.45) is 5.92 Å². The highest BCUT2D eigenvalue weighted by molar-refractivity contribution is 5.10. The molecule has 0 spiro atoms. The largest absolute Gasteiger partial charge is 0.386 e. The first kappa shape index (κ1) is 18.5. The molecule has 1 N–H and O–H groups in total. The van der Waals surface area contributed by atoms with E-state index in [0.29, 0.717) is 32.2 Å². The molecule has 6 heteroatoms. The van der Waals surface area contributed by atoms with Crippen LogP contribution in [0.3, 0.4) is 0 Å². The van der Waals surface area contributed by atoms with Gasteiger partial charge >= 0.3 is 0 Å². The molecule has 1 aromatic heterocycles. The summed E-state index contributed by atoms with van der Waals surface area (Å²) in [6.07, 6.45) is 2.79. The molecule has 6 nitrogen and oxygen atoms in total. The summed E-state index contributed by atoms with van der Waals surface area (Å²) in [5.41, 5.74) is 0.199. The topological polar surface area (TPSA) is 67.6 Å². The molecule has 2 fully saturated rings. The number of rotatable bonds is 4. The molecule has 25 heavy (non-hydrogen) atoms. The van der Waals surface area contributed by atoms with Crippen LogP contribution in [0.25, 0.3) is 0 Å². The van der Waals surface area contributed by atoms with E-state index in [9.17, 15) is 9.90 Å². The van der Waals surface area contributed by atoms with Crippen molar-refractivity contribution in [2.75, 3.05) is 32.8 Å². The molecule has 2 saturated heterocycles. The molecule has 0 bridgehead atoms. The van der Waals surface area contributed by atoms with Crippen LogP contribution in [0.1, 0.15) is 45.7 Å². The Morgan fingerprint density at radius 1 is 1.32 bits per heavy atom. The maximum atomic E-state index is 12.2. The van der Waals surface area contributed by atoms with Crippen LogP contribution in [-0.2, 0) is 16.7 Å². The van der Waals surface area contributed by atoms with Crippen molar-refractivity contribution in [3.8, 4) is 0 Å². The molecule has 1 unspecified atom stereocenters. The summed E-state index contributed by atoms with van der Waals surface area (Å²) in [6, 6.07) is 3.48. The second-order valence-corrected chi connectivity index (χ2v) is 8.74. The number of piperidine rings is 1. The monoisotopic (exact) mass is 349 g/mol. The summed E-state index contributed by atoms with van der Waals surface area (Å²) in [5.74, 6) is 0.464. The lowest BCUT2D eigenvalue weighted by Crippen LogP contribution is -2.47. The fourth-order valence-corrected chi connectivity index (χ4v) is 3.69. The fraction of sp³-hybridized carbons (Fsp3) is 0.789. The molecular weight excluding hydrogens is 318 g/mol. The average Bonchev–Trinajstić information content (AvgIpc) is 2.96. The number of likely N-dealkylation sites (tertiary alicyclic amines) is 1. The Morgan fingerprint density at radius 3 is 2.64 bits per heavy atom. The molecule has 3 rings (SSSR count). The Balaban J connectivity index is 1.56. The number of hydrogen-bond donors (Lipinski definition) is 1. The molecule has 140 valence electrons. The number of nitrogens with zero attached hydrogens (tertiary/aromatic N) is 3. The Labute approximate surface area is 149 Å². The summed E-state index contributed by atoms with van der Waals surface area (Å²) in [5, 5.41) is 15.1. The normalized spacial score (nSPS) is 26.2. The summed E-state index contributed by atoms with van der Waals surface area (Å²) >= 11 is 0. The van der Waals surface area contributed by atoms with Gasteiger partial charge in [0.1, 0.15) is 5.60 Å². The predicted molar refractivity (Wildman–Crippen MR) is 96.7 cm³/mol. The van der Waals surface area contributed by atoms with Gasteiger partial charge in [-0.3, -0.25) is 4.79 Å². The molecule has 0 saturated carbocycles. The van der Waals surface area contributed by atoms with Gasteiger partial charge in [-0.2, -0.15) is 5.10 Å². The van der Waals surface area contributed by atoms with Crippen molar-refractivity contribution in [2.45, 2.75) is 57.6 Å². The second kappa shape index (κ2) is 7.17. The molecule has 3 heterocycles. The maximum absolute atomic E-state index is 12.2. The van der Waals surface area contributed by atoms with Gasteiger partial charge in [-0.15, -0.1) is 0 Å². The van der Waals surface area contributed by atoms with Crippen LogP contribution < -0.4 is 5.56 Å². The number of aromatic nitrogens is 2. The van der Waals surface area contributed by atoms with E-state index in [0.717, 1.165) is 38.0 Å². The van der Waals surface area contributed by atoms with Crippen LogP contribution in [-0.4, -0.2) is 58.2 Å². The van der Waals surface area contributed by atoms with Crippen LogP contribution in [0.4, 0.5) is 0 Å². The van der Waals surface area contributed by atoms with E-state index >= 15 is 0 Å². The van der Waals surface area contributed by atoms with Crippen LogP contribution in [0, 0.1) is 5.92 Å². The van der Waals surface area contributed by atoms with Crippen LogP contribution >= 0.6 is 0 Å². The van der Waals surface area contributed by atoms with Gasteiger partial charge in [-0.05, 0) is 37.9 Å². The molecule has 0 aliphatic carbocycles. The third kappa shape index (κ3) is 4.68. The lowest BCUT2D eigenvalue weighted by atomic mass is 9.92. The minimum atomic E-state index is -0.674. The molecule has 0 amide bonds. The first-order valence-corrected chi connectivity index (χ1v) is 9.36. The summed E-state index contributed by atoms with van der Waals surface area (Å²) in [6.45, 7) is 10.7. The summed E-state index contributed by atoms with van der Waals surface area (Å²) in [7, 11) is 0. The average molecular weight is 349 g/mol. The molecule has 2 aliphatic heterocycles. The Bertz CT molecular complexity index is 636. The molecule has 1 atom stereocenters. The lowest BCUT2D eigenvalue weighted by molar-refractivity contribution is -0.0127. The number of hydrogen-bond acceptors (Lipinski definition) is 5. The van der Waals surface area contributed by atoms with Crippen molar-refractivity contribution >= 4 is 0 Å². The Morgan fingerprint density at radius 2 is 2.04 bits per heavy atom. The SMILES string of the molecule is CC(C)(C)c1ccc(=O)n(CC2CCN(CC3(O)CCOC3)CC2)n1. The van der Waals surface area contributed by atoms with Crippen molar-refractivity contribution < 1.29 is 9.84 Å². The zero-order valence-electron chi connectivity index (χ0n) is 15.7. The maximum Gasteiger partial charge on any atom is 0.266 e. The third-order valence-corrected chi connectivity index (χ3v) is 5.37. The van der Waals surface area contributed by atoms with E-state index < -0.39 is 5.60 Å². The molecule has 0 radical (unpaired) electrons. The predicted octanol–water partition coefficient (Wildman–Crippen LogP) is 1.40. The van der Waals surface area contributed by atoms with Gasteiger partial charge in [0, 0.05) is 37.6 Å². The van der Waals surface area contributed by atoms with Crippen LogP contribution in [0.5, 0.6) is 0 Å². The van der Waals surface area contributed by atoms with E-state index in [1.54, 1.807) is 10.7 Å². The van der Waals surface area contributed by atoms with Crippen molar-refractivity contribution in [1.82, 2.24) is 14.7 Å². The number of β-amino-alcohol motifs (C(OH)–C–C–N with tert-alkyl or cyclic N) is 1. The Hall–Kier alpha value is -1.24. The Kier molecular flexibility index (Phi) is 5.32. The smallest absolute Gasteiger partial charge is 0.266 e.